The minimum atomic E-state index is 0.598. The molecule has 0 amide bonds. The normalized spacial score (nSPS) is 13.1. The molecule has 2 aromatic carbocycles. The van der Waals surface area contributed by atoms with Crippen LogP contribution in [0.25, 0.3) is 22.3 Å². The number of nitrogens with one attached hydrogen (secondary N) is 1. The Balaban J connectivity index is 2.03. The summed E-state index contributed by atoms with van der Waals surface area (Å²) in [6.45, 7) is 0.934. The maximum Gasteiger partial charge on any atom is 0.133 e. The van der Waals surface area contributed by atoms with Crippen LogP contribution in [0.3, 0.4) is 0 Å². The first-order valence-electron chi connectivity index (χ1n) is 7.87. The van der Waals surface area contributed by atoms with E-state index in [0.717, 1.165) is 46.7 Å². The average molecular weight is 321 g/mol. The SMILES string of the molecule is N=c1c(-c2ccc(Cl)cc2)c(-c2ccccc2)cc2n1CCC2. The molecule has 3 heteroatoms. The van der Waals surface area contributed by atoms with Crippen molar-refractivity contribution in [3.8, 4) is 22.3 Å². The molecular formula is C20H17ClN2. The largest absolute Gasteiger partial charge is 0.330 e. The van der Waals surface area contributed by atoms with Crippen molar-refractivity contribution in [2.24, 2.45) is 0 Å². The first-order valence-corrected chi connectivity index (χ1v) is 8.24. The van der Waals surface area contributed by atoms with Gasteiger partial charge in [0.25, 0.3) is 0 Å². The van der Waals surface area contributed by atoms with Crippen LogP contribution in [0.1, 0.15) is 12.1 Å². The number of hydrogen-bond donors (Lipinski definition) is 1. The number of fused-ring (bicyclic) bond motifs is 1. The van der Waals surface area contributed by atoms with Crippen molar-refractivity contribution in [2.45, 2.75) is 19.4 Å². The number of aryl methyl sites for hydroxylation is 1. The standard InChI is InChI=1S/C20H17ClN2/c21-16-10-8-15(9-11-16)19-18(14-5-2-1-3-6-14)13-17-7-4-12-23(17)20(19)22/h1-3,5-6,8-11,13,22H,4,7,12H2. The molecule has 0 bridgehead atoms. The molecule has 0 aliphatic carbocycles. The average Bonchev–Trinajstić information content (AvgIpc) is 3.06. The molecule has 2 heterocycles. The molecule has 1 aliphatic heterocycles. The number of nitrogens with zero attached hydrogens (tertiary/aromatic N) is 1. The van der Waals surface area contributed by atoms with Gasteiger partial charge in [-0.05, 0) is 47.7 Å². The lowest BCUT2D eigenvalue weighted by Crippen LogP contribution is -2.22. The van der Waals surface area contributed by atoms with Gasteiger partial charge in [-0.2, -0.15) is 0 Å². The van der Waals surface area contributed by atoms with E-state index in [1.165, 1.54) is 5.69 Å². The number of aromatic nitrogens is 1. The molecular weight excluding hydrogens is 304 g/mol. The third-order valence-electron chi connectivity index (χ3n) is 4.47. The highest BCUT2D eigenvalue weighted by atomic mass is 35.5. The Bertz CT molecular complexity index is 909. The van der Waals surface area contributed by atoms with Gasteiger partial charge in [-0.25, -0.2) is 0 Å². The van der Waals surface area contributed by atoms with Gasteiger partial charge in [0.15, 0.2) is 0 Å². The van der Waals surface area contributed by atoms with Crippen molar-refractivity contribution in [1.29, 1.82) is 5.41 Å². The van der Waals surface area contributed by atoms with Crippen LogP contribution in [0.15, 0.2) is 60.7 Å². The Labute approximate surface area is 140 Å². The van der Waals surface area contributed by atoms with Gasteiger partial charge in [0.1, 0.15) is 5.49 Å². The highest BCUT2D eigenvalue weighted by molar-refractivity contribution is 6.30. The molecule has 23 heavy (non-hydrogen) atoms. The van der Waals surface area contributed by atoms with Crippen LogP contribution in [0.4, 0.5) is 0 Å². The minimum Gasteiger partial charge on any atom is -0.330 e. The van der Waals surface area contributed by atoms with Gasteiger partial charge in [-0.15, -0.1) is 0 Å². The second kappa shape index (κ2) is 5.71. The lowest BCUT2D eigenvalue weighted by molar-refractivity contribution is 0.702. The third kappa shape index (κ3) is 2.49. The number of hydrogen-bond acceptors (Lipinski definition) is 1. The highest BCUT2D eigenvalue weighted by Gasteiger charge is 2.18. The van der Waals surface area contributed by atoms with Crippen molar-refractivity contribution >= 4 is 11.6 Å². The molecule has 0 unspecified atom stereocenters. The molecule has 4 rings (SSSR count). The quantitative estimate of drug-likeness (QED) is 0.695. The Hall–Kier alpha value is -2.32. The maximum absolute atomic E-state index is 8.74. The van der Waals surface area contributed by atoms with E-state index in [0.29, 0.717) is 5.49 Å². The van der Waals surface area contributed by atoms with E-state index in [1.54, 1.807) is 0 Å². The van der Waals surface area contributed by atoms with Gasteiger partial charge in [0.2, 0.25) is 0 Å². The molecule has 0 atom stereocenters. The Morgan fingerprint density at radius 1 is 0.913 bits per heavy atom. The van der Waals surface area contributed by atoms with Crippen LogP contribution in [0, 0.1) is 5.41 Å². The molecule has 3 aromatic rings. The van der Waals surface area contributed by atoms with E-state index < -0.39 is 0 Å². The lowest BCUT2D eigenvalue weighted by Gasteiger charge is -2.15. The van der Waals surface area contributed by atoms with Crippen LogP contribution in [-0.4, -0.2) is 4.57 Å². The summed E-state index contributed by atoms with van der Waals surface area (Å²) in [5.41, 5.74) is 6.17. The van der Waals surface area contributed by atoms with Crippen molar-refractivity contribution in [1.82, 2.24) is 4.57 Å². The summed E-state index contributed by atoms with van der Waals surface area (Å²) in [6.07, 6.45) is 2.16. The van der Waals surface area contributed by atoms with Gasteiger partial charge in [0.05, 0.1) is 0 Å². The van der Waals surface area contributed by atoms with Crippen LogP contribution >= 0.6 is 11.6 Å². The van der Waals surface area contributed by atoms with Crippen molar-refractivity contribution in [2.75, 3.05) is 0 Å². The van der Waals surface area contributed by atoms with Gasteiger partial charge >= 0.3 is 0 Å². The fourth-order valence-corrected chi connectivity index (χ4v) is 3.48. The van der Waals surface area contributed by atoms with Gasteiger partial charge in [-0.1, -0.05) is 54.1 Å². The Morgan fingerprint density at radius 3 is 2.39 bits per heavy atom. The van der Waals surface area contributed by atoms with Gasteiger partial charge in [0, 0.05) is 22.8 Å². The Kier molecular flexibility index (Phi) is 3.55. The smallest absolute Gasteiger partial charge is 0.133 e. The second-order valence-electron chi connectivity index (χ2n) is 5.90. The highest BCUT2D eigenvalue weighted by Crippen LogP contribution is 2.32. The van der Waals surface area contributed by atoms with Gasteiger partial charge < -0.3 is 4.57 Å². The summed E-state index contributed by atoms with van der Waals surface area (Å²) in [5, 5.41) is 9.46. The number of pyridine rings is 1. The Morgan fingerprint density at radius 2 is 1.65 bits per heavy atom. The topological polar surface area (TPSA) is 28.8 Å². The summed E-state index contributed by atoms with van der Waals surface area (Å²) in [7, 11) is 0. The van der Waals surface area contributed by atoms with Crippen LogP contribution in [0.2, 0.25) is 5.02 Å². The molecule has 1 aliphatic rings. The fourth-order valence-electron chi connectivity index (χ4n) is 3.36. The van der Waals surface area contributed by atoms with E-state index in [9.17, 15) is 0 Å². The number of benzene rings is 2. The second-order valence-corrected chi connectivity index (χ2v) is 6.34. The van der Waals surface area contributed by atoms with E-state index in [4.69, 9.17) is 17.0 Å². The van der Waals surface area contributed by atoms with E-state index >= 15 is 0 Å². The molecule has 0 fully saturated rings. The number of halogens is 1. The summed E-state index contributed by atoms with van der Waals surface area (Å²) in [4.78, 5) is 0. The number of rotatable bonds is 2. The lowest BCUT2D eigenvalue weighted by atomic mass is 9.95. The van der Waals surface area contributed by atoms with Crippen molar-refractivity contribution in [3.05, 3.63) is 76.9 Å². The molecule has 1 N–H and O–H groups in total. The molecule has 0 spiro atoms. The monoisotopic (exact) mass is 320 g/mol. The van der Waals surface area contributed by atoms with Crippen LogP contribution in [0.5, 0.6) is 0 Å². The van der Waals surface area contributed by atoms with E-state index in [1.807, 2.05) is 42.5 Å². The minimum absolute atomic E-state index is 0.598. The predicted molar refractivity (Wildman–Crippen MR) is 94.5 cm³/mol. The predicted octanol–water partition coefficient (Wildman–Crippen LogP) is 4.90. The zero-order valence-corrected chi connectivity index (χ0v) is 13.5. The summed E-state index contributed by atoms with van der Waals surface area (Å²) in [6, 6.07) is 20.4. The van der Waals surface area contributed by atoms with Crippen molar-refractivity contribution < 1.29 is 0 Å². The maximum atomic E-state index is 8.74. The van der Waals surface area contributed by atoms with Crippen LogP contribution in [-0.2, 0) is 13.0 Å². The van der Waals surface area contributed by atoms with E-state index in [-0.39, 0.29) is 0 Å². The van der Waals surface area contributed by atoms with E-state index in [2.05, 4.69) is 22.8 Å². The fraction of sp³-hybridized carbons (Fsp3) is 0.150. The molecule has 0 radical (unpaired) electrons. The molecule has 0 saturated carbocycles. The summed E-state index contributed by atoms with van der Waals surface area (Å²) < 4.78 is 2.14. The molecule has 0 saturated heterocycles. The first-order chi connectivity index (χ1) is 11.2. The molecule has 2 nitrogen and oxygen atoms in total. The zero-order valence-electron chi connectivity index (χ0n) is 12.7. The van der Waals surface area contributed by atoms with Crippen LogP contribution < -0.4 is 5.49 Å². The first kappa shape index (κ1) is 14.3. The molecule has 114 valence electrons. The van der Waals surface area contributed by atoms with Gasteiger partial charge in [-0.3, -0.25) is 5.41 Å². The third-order valence-corrected chi connectivity index (χ3v) is 4.72. The molecule has 1 aromatic heterocycles. The van der Waals surface area contributed by atoms with Crippen molar-refractivity contribution in [3.63, 3.8) is 0 Å². The summed E-state index contributed by atoms with van der Waals surface area (Å²) >= 11 is 6.04. The zero-order chi connectivity index (χ0) is 15.8. The summed E-state index contributed by atoms with van der Waals surface area (Å²) in [5.74, 6) is 0.